The van der Waals surface area contributed by atoms with E-state index >= 15 is 0 Å². The summed E-state index contributed by atoms with van der Waals surface area (Å²) >= 11 is 0. The molecule has 1 aromatic carbocycles. The van der Waals surface area contributed by atoms with Crippen LogP contribution in [-0.2, 0) is 4.74 Å². The molecule has 1 aromatic heterocycles. The third-order valence-electron chi connectivity index (χ3n) is 2.44. The minimum Gasteiger partial charge on any atom is -0.463 e. The number of rotatable bonds is 3. The summed E-state index contributed by atoms with van der Waals surface area (Å²) in [6.45, 7) is 1.32. The number of ether oxygens (including phenoxy) is 1. The largest absolute Gasteiger partial charge is 0.463 e. The van der Waals surface area contributed by atoms with Gasteiger partial charge in [0.15, 0.2) is 5.78 Å². The molecule has 0 N–H and O–H groups in total. The monoisotopic (exact) mass is 263 g/mol. The fourth-order valence-corrected chi connectivity index (χ4v) is 1.55. The van der Waals surface area contributed by atoms with Gasteiger partial charge in [0.25, 0.3) is 5.82 Å². The van der Waals surface area contributed by atoms with Crippen LogP contribution in [0.3, 0.4) is 0 Å². The Bertz CT molecular complexity index is 651. The first-order chi connectivity index (χ1) is 9.02. The molecule has 0 bridgehead atoms. The lowest BCUT2D eigenvalue weighted by atomic mass is 10.1. The molecule has 0 saturated heterocycles. The minimum absolute atomic E-state index is 0.138. The van der Waals surface area contributed by atoms with E-state index in [4.69, 9.17) is 0 Å². The second-order valence-corrected chi connectivity index (χ2v) is 3.72. The molecule has 0 atom stereocenters. The Hall–Kier alpha value is -2.57. The molecule has 2 aromatic rings. The number of benzene rings is 1. The maximum atomic E-state index is 13.1. The molecular weight excluding hydrogens is 253 g/mol. The summed E-state index contributed by atoms with van der Waals surface area (Å²) in [6.07, 6.45) is 1.26. The van der Waals surface area contributed by atoms with E-state index in [0.717, 1.165) is 6.07 Å². The lowest BCUT2D eigenvalue weighted by molar-refractivity contribution is 0.0587. The van der Waals surface area contributed by atoms with Crippen molar-refractivity contribution in [1.29, 1.82) is 0 Å². The van der Waals surface area contributed by atoms with E-state index in [0.29, 0.717) is 5.69 Å². The first-order valence-corrected chi connectivity index (χ1v) is 5.33. The Kier molecular flexibility index (Phi) is 3.37. The Morgan fingerprint density at radius 1 is 1.37 bits per heavy atom. The Morgan fingerprint density at radius 2 is 2.11 bits per heavy atom. The molecule has 98 valence electrons. The molecule has 0 saturated carbocycles. The predicted molar refractivity (Wildman–Crippen MR) is 62.7 cm³/mol. The molecule has 0 radical (unpaired) electrons. The van der Waals surface area contributed by atoms with Gasteiger partial charge in [0.2, 0.25) is 0 Å². The smallest absolute Gasteiger partial charge is 0.377 e. The number of carbonyl (C=O) groups is 2. The van der Waals surface area contributed by atoms with Crippen LogP contribution in [-0.4, -0.2) is 33.6 Å². The quantitative estimate of drug-likeness (QED) is 0.618. The van der Waals surface area contributed by atoms with E-state index in [9.17, 15) is 14.0 Å². The van der Waals surface area contributed by atoms with Gasteiger partial charge < -0.3 is 4.74 Å². The molecule has 0 aliphatic heterocycles. The van der Waals surface area contributed by atoms with Crippen molar-refractivity contribution in [2.24, 2.45) is 0 Å². The topological polar surface area (TPSA) is 74.1 Å². The number of aromatic nitrogens is 3. The second-order valence-electron chi connectivity index (χ2n) is 3.72. The summed E-state index contributed by atoms with van der Waals surface area (Å²) in [5.41, 5.74) is 0.498. The third kappa shape index (κ3) is 2.49. The Labute approximate surface area is 107 Å². The number of Topliss-reactive ketones (excluding diaryl/α,β-unsaturated/α-hetero) is 1. The minimum atomic E-state index is -0.690. The van der Waals surface area contributed by atoms with Crippen LogP contribution in [0.1, 0.15) is 27.9 Å². The van der Waals surface area contributed by atoms with Crippen molar-refractivity contribution in [2.75, 3.05) is 7.11 Å². The van der Waals surface area contributed by atoms with Gasteiger partial charge in [0, 0.05) is 5.56 Å². The molecule has 1 heterocycles. The number of carbonyl (C=O) groups excluding carboxylic acids is 2. The standard InChI is InChI=1S/C12H10FN3O3/c1-7(17)9-5-8(13)3-4-10(9)16-6-14-11(15-16)12(18)19-2/h3-6H,1-2H3. The van der Waals surface area contributed by atoms with Gasteiger partial charge >= 0.3 is 5.97 Å². The van der Waals surface area contributed by atoms with Crippen LogP contribution in [0.2, 0.25) is 0 Å². The number of methoxy groups -OCH3 is 1. The van der Waals surface area contributed by atoms with Crippen LogP contribution >= 0.6 is 0 Å². The summed E-state index contributed by atoms with van der Waals surface area (Å²) in [4.78, 5) is 26.5. The van der Waals surface area contributed by atoms with Crippen LogP contribution in [0.5, 0.6) is 0 Å². The highest BCUT2D eigenvalue weighted by Crippen LogP contribution is 2.16. The summed E-state index contributed by atoms with van der Waals surface area (Å²) in [5.74, 6) is -1.67. The SMILES string of the molecule is COC(=O)c1ncn(-c2ccc(F)cc2C(C)=O)n1. The van der Waals surface area contributed by atoms with Gasteiger partial charge in [-0.25, -0.2) is 18.9 Å². The van der Waals surface area contributed by atoms with Crippen LogP contribution in [0, 0.1) is 5.82 Å². The molecule has 0 fully saturated rings. The molecule has 0 amide bonds. The first-order valence-electron chi connectivity index (χ1n) is 5.33. The maximum absolute atomic E-state index is 13.1. The molecule has 0 spiro atoms. The van der Waals surface area contributed by atoms with Gasteiger partial charge in [-0.2, -0.15) is 0 Å². The van der Waals surface area contributed by atoms with Crippen molar-refractivity contribution in [3.63, 3.8) is 0 Å². The molecule has 2 rings (SSSR count). The van der Waals surface area contributed by atoms with Gasteiger partial charge in [-0.1, -0.05) is 0 Å². The fourth-order valence-electron chi connectivity index (χ4n) is 1.55. The van der Waals surface area contributed by atoms with E-state index in [2.05, 4.69) is 14.8 Å². The summed E-state index contributed by atoms with van der Waals surface area (Å²) in [7, 11) is 1.21. The van der Waals surface area contributed by atoms with E-state index in [-0.39, 0.29) is 17.2 Å². The number of ketones is 1. The third-order valence-corrected chi connectivity index (χ3v) is 2.44. The lowest BCUT2D eigenvalue weighted by Crippen LogP contribution is -2.07. The van der Waals surface area contributed by atoms with Crippen molar-refractivity contribution >= 4 is 11.8 Å². The van der Waals surface area contributed by atoms with E-state index in [1.165, 1.54) is 37.2 Å². The summed E-state index contributed by atoms with van der Waals surface area (Å²) < 4.78 is 18.8. The zero-order chi connectivity index (χ0) is 14.0. The summed E-state index contributed by atoms with van der Waals surface area (Å²) in [5, 5.41) is 3.88. The van der Waals surface area contributed by atoms with Crippen LogP contribution in [0.25, 0.3) is 5.69 Å². The van der Waals surface area contributed by atoms with Crippen LogP contribution in [0.4, 0.5) is 4.39 Å². The van der Waals surface area contributed by atoms with Crippen LogP contribution in [0.15, 0.2) is 24.5 Å². The van der Waals surface area contributed by atoms with E-state index < -0.39 is 11.8 Å². The molecular formula is C12H10FN3O3. The van der Waals surface area contributed by atoms with Gasteiger partial charge in [-0.05, 0) is 25.1 Å². The van der Waals surface area contributed by atoms with Gasteiger partial charge in [0.05, 0.1) is 12.8 Å². The molecule has 19 heavy (non-hydrogen) atoms. The first kappa shape index (κ1) is 12.9. The van der Waals surface area contributed by atoms with Crippen molar-refractivity contribution in [1.82, 2.24) is 14.8 Å². The number of esters is 1. The molecule has 7 heteroatoms. The zero-order valence-corrected chi connectivity index (χ0v) is 10.3. The van der Waals surface area contributed by atoms with E-state index in [1.54, 1.807) is 0 Å². The van der Waals surface area contributed by atoms with Crippen molar-refractivity contribution in [3.05, 3.63) is 41.7 Å². The molecule has 0 aliphatic rings. The molecule has 0 unspecified atom stereocenters. The average Bonchev–Trinajstić information content (AvgIpc) is 2.87. The Balaban J connectivity index is 2.50. The highest BCUT2D eigenvalue weighted by atomic mass is 19.1. The highest BCUT2D eigenvalue weighted by molar-refractivity contribution is 5.97. The Morgan fingerprint density at radius 3 is 2.74 bits per heavy atom. The molecule has 0 aliphatic carbocycles. The zero-order valence-electron chi connectivity index (χ0n) is 10.3. The number of hydrogen-bond donors (Lipinski definition) is 0. The van der Waals surface area contributed by atoms with Gasteiger partial charge in [-0.15, -0.1) is 5.10 Å². The number of halogens is 1. The van der Waals surface area contributed by atoms with Gasteiger partial charge in [0.1, 0.15) is 12.1 Å². The predicted octanol–water partition coefficient (Wildman–Crippen LogP) is 1.40. The average molecular weight is 263 g/mol. The van der Waals surface area contributed by atoms with Crippen molar-refractivity contribution < 1.29 is 18.7 Å². The normalized spacial score (nSPS) is 10.3. The van der Waals surface area contributed by atoms with Crippen LogP contribution < -0.4 is 0 Å². The fraction of sp³-hybridized carbons (Fsp3) is 0.167. The lowest BCUT2D eigenvalue weighted by Gasteiger charge is -2.06. The molecule has 6 nitrogen and oxygen atoms in total. The van der Waals surface area contributed by atoms with Crippen molar-refractivity contribution in [3.8, 4) is 5.69 Å². The maximum Gasteiger partial charge on any atom is 0.377 e. The second kappa shape index (κ2) is 4.97. The van der Waals surface area contributed by atoms with Gasteiger partial charge in [-0.3, -0.25) is 4.79 Å². The highest BCUT2D eigenvalue weighted by Gasteiger charge is 2.15. The van der Waals surface area contributed by atoms with E-state index in [1.807, 2.05) is 0 Å². The summed E-state index contributed by atoms with van der Waals surface area (Å²) in [6, 6.07) is 3.69. The van der Waals surface area contributed by atoms with Crippen molar-refractivity contribution in [2.45, 2.75) is 6.92 Å². The number of hydrogen-bond acceptors (Lipinski definition) is 5. The number of nitrogens with zero attached hydrogens (tertiary/aromatic N) is 3.